The Morgan fingerprint density at radius 3 is 1.47 bits per heavy atom. The SMILES string of the molecule is FC(F)(F)c1cc(I)c(C(F)(F)F)c(C(F)(F)F)c1. The molecule has 10 heteroatoms. The number of hydrogen-bond acceptors (Lipinski definition) is 0. The maximum absolute atomic E-state index is 12.5. The molecule has 0 unspecified atom stereocenters. The molecule has 0 heterocycles. The van der Waals surface area contributed by atoms with Gasteiger partial charge in [0, 0.05) is 3.57 Å². The van der Waals surface area contributed by atoms with E-state index in [1.54, 1.807) is 0 Å². The molecule has 0 fully saturated rings. The molecule has 0 aliphatic heterocycles. The van der Waals surface area contributed by atoms with Gasteiger partial charge in [-0.25, -0.2) is 0 Å². The zero-order valence-electron chi connectivity index (χ0n) is 8.43. The second-order valence-corrected chi connectivity index (χ2v) is 4.54. The zero-order valence-corrected chi connectivity index (χ0v) is 10.6. The number of hydrogen-bond donors (Lipinski definition) is 0. The minimum absolute atomic E-state index is 0.0264. The minimum Gasteiger partial charge on any atom is -0.166 e. The van der Waals surface area contributed by atoms with Crippen molar-refractivity contribution in [3.63, 3.8) is 0 Å². The van der Waals surface area contributed by atoms with Crippen LogP contribution in [0.3, 0.4) is 0 Å². The van der Waals surface area contributed by atoms with Crippen molar-refractivity contribution >= 4 is 22.6 Å². The molecule has 0 atom stereocenters. The Bertz CT molecular complexity index is 480. The van der Waals surface area contributed by atoms with Gasteiger partial charge < -0.3 is 0 Å². The van der Waals surface area contributed by atoms with Crippen molar-refractivity contribution < 1.29 is 39.5 Å². The summed E-state index contributed by atoms with van der Waals surface area (Å²) >= 11 is 0.797. The Morgan fingerprint density at radius 1 is 0.684 bits per heavy atom. The van der Waals surface area contributed by atoms with E-state index in [9.17, 15) is 39.5 Å². The summed E-state index contributed by atoms with van der Waals surface area (Å²) in [6, 6.07) is -0.510. The lowest BCUT2D eigenvalue weighted by Crippen LogP contribution is -2.20. The van der Waals surface area contributed by atoms with Crippen LogP contribution in [0.2, 0.25) is 0 Å². The fourth-order valence-electron chi connectivity index (χ4n) is 1.28. The highest BCUT2D eigenvalue weighted by atomic mass is 127. The van der Waals surface area contributed by atoms with Crippen molar-refractivity contribution in [2.24, 2.45) is 0 Å². The maximum atomic E-state index is 12.5. The van der Waals surface area contributed by atoms with Crippen LogP contribution in [0.1, 0.15) is 16.7 Å². The molecule has 0 aliphatic rings. The predicted octanol–water partition coefficient (Wildman–Crippen LogP) is 5.35. The first kappa shape index (κ1) is 16.4. The van der Waals surface area contributed by atoms with Gasteiger partial charge in [0.1, 0.15) is 0 Å². The molecule has 0 aliphatic carbocycles. The van der Waals surface area contributed by atoms with Gasteiger partial charge in [-0.1, -0.05) is 0 Å². The molecule has 1 rings (SSSR count). The Morgan fingerprint density at radius 2 is 1.16 bits per heavy atom. The Hall–Kier alpha value is -0.680. The van der Waals surface area contributed by atoms with Gasteiger partial charge in [0.15, 0.2) is 0 Å². The first-order chi connectivity index (χ1) is 8.24. The van der Waals surface area contributed by atoms with Gasteiger partial charge in [-0.05, 0) is 34.7 Å². The fraction of sp³-hybridized carbons (Fsp3) is 0.333. The van der Waals surface area contributed by atoms with E-state index in [0.717, 1.165) is 22.6 Å². The first-order valence-corrected chi connectivity index (χ1v) is 5.37. The Labute approximate surface area is 113 Å². The molecular weight excluding hydrogens is 406 g/mol. The quantitative estimate of drug-likeness (QED) is 0.402. The monoisotopic (exact) mass is 408 g/mol. The lowest BCUT2D eigenvalue weighted by molar-refractivity contribution is -0.164. The van der Waals surface area contributed by atoms with Gasteiger partial charge in [0.05, 0.1) is 16.7 Å². The summed E-state index contributed by atoms with van der Waals surface area (Å²) < 4.78 is 111. The largest absolute Gasteiger partial charge is 0.418 e. The van der Waals surface area contributed by atoms with Gasteiger partial charge in [0.25, 0.3) is 0 Å². The van der Waals surface area contributed by atoms with E-state index in [0.29, 0.717) is 0 Å². The first-order valence-electron chi connectivity index (χ1n) is 4.29. The van der Waals surface area contributed by atoms with Crippen molar-refractivity contribution in [2.75, 3.05) is 0 Å². The van der Waals surface area contributed by atoms with E-state index in [-0.39, 0.29) is 6.07 Å². The van der Waals surface area contributed by atoms with Gasteiger partial charge in [0.2, 0.25) is 0 Å². The maximum Gasteiger partial charge on any atom is 0.418 e. The van der Waals surface area contributed by atoms with Crippen LogP contribution in [-0.4, -0.2) is 0 Å². The van der Waals surface area contributed by atoms with Crippen molar-refractivity contribution in [1.29, 1.82) is 0 Å². The highest BCUT2D eigenvalue weighted by Crippen LogP contribution is 2.45. The molecule has 0 N–H and O–H groups in total. The molecule has 1 aromatic carbocycles. The van der Waals surface area contributed by atoms with Gasteiger partial charge >= 0.3 is 18.5 Å². The molecule has 0 spiro atoms. The molecule has 0 aromatic heterocycles. The van der Waals surface area contributed by atoms with Crippen LogP contribution in [0.5, 0.6) is 0 Å². The summed E-state index contributed by atoms with van der Waals surface area (Å²) in [5.41, 5.74) is -6.25. The molecular formula is C9H2F9I. The van der Waals surface area contributed by atoms with E-state index in [4.69, 9.17) is 0 Å². The average Bonchev–Trinajstić information content (AvgIpc) is 2.11. The van der Waals surface area contributed by atoms with Gasteiger partial charge in [-0.15, -0.1) is 0 Å². The molecule has 0 bridgehead atoms. The van der Waals surface area contributed by atoms with Crippen molar-refractivity contribution in [2.45, 2.75) is 18.5 Å². The summed E-state index contributed by atoms with van der Waals surface area (Å²) in [4.78, 5) is 0. The standard InChI is InChI=1S/C9H2F9I/c10-7(11,12)3-1-4(8(13,14)15)6(5(19)2-3)9(16,17)18/h1-2H. The van der Waals surface area contributed by atoms with E-state index < -0.39 is 44.9 Å². The molecule has 19 heavy (non-hydrogen) atoms. The predicted molar refractivity (Wildman–Crippen MR) is 54.2 cm³/mol. The molecule has 0 amide bonds. The summed E-state index contributed by atoms with van der Waals surface area (Å²) in [5.74, 6) is 0. The molecule has 0 saturated carbocycles. The van der Waals surface area contributed by atoms with Crippen LogP contribution in [0, 0.1) is 3.57 Å². The van der Waals surface area contributed by atoms with Crippen molar-refractivity contribution in [3.05, 3.63) is 32.4 Å². The summed E-state index contributed by atoms with van der Waals surface area (Å²) in [6.45, 7) is 0. The fourth-order valence-corrected chi connectivity index (χ4v) is 2.21. The van der Waals surface area contributed by atoms with E-state index in [1.807, 2.05) is 0 Å². The van der Waals surface area contributed by atoms with Gasteiger partial charge in [-0.3, -0.25) is 0 Å². The van der Waals surface area contributed by atoms with E-state index in [2.05, 4.69) is 0 Å². The van der Waals surface area contributed by atoms with Crippen LogP contribution in [0.15, 0.2) is 12.1 Å². The number of benzene rings is 1. The molecule has 0 saturated heterocycles. The summed E-state index contributed by atoms with van der Waals surface area (Å²) in [7, 11) is 0. The average molecular weight is 408 g/mol. The van der Waals surface area contributed by atoms with Crippen LogP contribution in [0.25, 0.3) is 0 Å². The third kappa shape index (κ3) is 3.66. The smallest absolute Gasteiger partial charge is 0.166 e. The highest BCUT2D eigenvalue weighted by Gasteiger charge is 2.46. The minimum atomic E-state index is -5.54. The molecule has 1 aromatic rings. The van der Waals surface area contributed by atoms with Crippen molar-refractivity contribution in [1.82, 2.24) is 0 Å². The Kier molecular flexibility index (Phi) is 4.05. The molecule has 0 radical (unpaired) electrons. The molecule has 108 valence electrons. The van der Waals surface area contributed by atoms with Crippen LogP contribution < -0.4 is 0 Å². The number of rotatable bonds is 0. The second kappa shape index (κ2) is 4.70. The lowest BCUT2D eigenvalue weighted by Gasteiger charge is -2.19. The normalized spacial score (nSPS) is 13.8. The van der Waals surface area contributed by atoms with E-state index >= 15 is 0 Å². The van der Waals surface area contributed by atoms with Crippen molar-refractivity contribution in [3.8, 4) is 0 Å². The number of halogens is 10. The van der Waals surface area contributed by atoms with Crippen LogP contribution >= 0.6 is 22.6 Å². The molecule has 0 nitrogen and oxygen atoms in total. The highest BCUT2D eigenvalue weighted by molar-refractivity contribution is 14.1. The van der Waals surface area contributed by atoms with Crippen LogP contribution in [-0.2, 0) is 18.5 Å². The summed E-state index contributed by atoms with van der Waals surface area (Å²) in [5, 5.41) is 0. The second-order valence-electron chi connectivity index (χ2n) is 3.37. The van der Waals surface area contributed by atoms with Gasteiger partial charge in [-0.2, -0.15) is 39.5 Å². The summed E-state index contributed by atoms with van der Waals surface area (Å²) in [6.07, 6.45) is -16.1. The van der Waals surface area contributed by atoms with Crippen LogP contribution in [0.4, 0.5) is 39.5 Å². The number of alkyl halides is 9. The third-order valence-electron chi connectivity index (χ3n) is 2.01. The third-order valence-corrected chi connectivity index (χ3v) is 2.86. The van der Waals surface area contributed by atoms with E-state index in [1.165, 1.54) is 0 Å². The Balaban J connectivity index is 3.68. The topological polar surface area (TPSA) is 0 Å². The lowest BCUT2D eigenvalue weighted by atomic mass is 10.0. The zero-order chi connectivity index (χ0) is 15.2.